The summed E-state index contributed by atoms with van der Waals surface area (Å²) in [5.41, 5.74) is 1.50. The van der Waals surface area contributed by atoms with Gasteiger partial charge in [-0.3, -0.25) is 0 Å². The van der Waals surface area contributed by atoms with E-state index >= 15 is 0 Å². The van der Waals surface area contributed by atoms with Crippen LogP contribution in [0.2, 0.25) is 5.02 Å². The molecule has 0 fully saturated rings. The standard InChI is InChI=1S/C16H14ClN3O3/c1-2-22-16(21)23-15-12-7-5-9-18-14(12)20(19-15)10-11-6-3-4-8-13(11)17/h3-9H,2,10H2,1H3. The Morgan fingerprint density at radius 1 is 1.26 bits per heavy atom. The SMILES string of the molecule is CCOC(=O)Oc1nn(Cc2ccccc2Cl)c2ncccc12. The third-order valence-electron chi connectivity index (χ3n) is 3.19. The van der Waals surface area contributed by atoms with E-state index in [9.17, 15) is 4.79 Å². The zero-order valence-corrected chi connectivity index (χ0v) is 13.2. The smallest absolute Gasteiger partial charge is 0.434 e. The number of carbonyl (C=O) groups is 1. The molecule has 118 valence electrons. The number of hydrogen-bond acceptors (Lipinski definition) is 5. The molecule has 3 rings (SSSR count). The van der Waals surface area contributed by atoms with Crippen molar-refractivity contribution in [1.82, 2.24) is 14.8 Å². The molecule has 2 aromatic heterocycles. The van der Waals surface area contributed by atoms with E-state index in [0.717, 1.165) is 5.56 Å². The minimum absolute atomic E-state index is 0.165. The van der Waals surface area contributed by atoms with E-state index in [0.29, 0.717) is 22.6 Å². The first-order valence-electron chi connectivity index (χ1n) is 7.08. The Bertz CT molecular complexity index is 847. The van der Waals surface area contributed by atoms with Gasteiger partial charge in [0, 0.05) is 11.2 Å². The topological polar surface area (TPSA) is 66.2 Å². The van der Waals surface area contributed by atoms with Crippen LogP contribution in [0.25, 0.3) is 11.0 Å². The lowest BCUT2D eigenvalue weighted by atomic mass is 10.2. The highest BCUT2D eigenvalue weighted by molar-refractivity contribution is 6.31. The summed E-state index contributed by atoms with van der Waals surface area (Å²) in [6, 6.07) is 11.0. The Balaban J connectivity index is 1.98. The van der Waals surface area contributed by atoms with Crippen LogP contribution in [0.1, 0.15) is 12.5 Å². The number of carbonyl (C=O) groups excluding carboxylic acids is 1. The van der Waals surface area contributed by atoms with Gasteiger partial charge in [-0.15, -0.1) is 5.10 Å². The Hall–Kier alpha value is -2.60. The van der Waals surface area contributed by atoms with Crippen molar-refractivity contribution in [1.29, 1.82) is 0 Å². The van der Waals surface area contributed by atoms with E-state index in [1.54, 1.807) is 29.9 Å². The zero-order chi connectivity index (χ0) is 16.2. The summed E-state index contributed by atoms with van der Waals surface area (Å²) in [4.78, 5) is 15.8. The molecular weight excluding hydrogens is 318 g/mol. The van der Waals surface area contributed by atoms with Crippen LogP contribution in [0.15, 0.2) is 42.6 Å². The maximum absolute atomic E-state index is 11.5. The summed E-state index contributed by atoms with van der Waals surface area (Å²) < 4.78 is 11.6. The number of benzene rings is 1. The van der Waals surface area contributed by atoms with Crippen molar-refractivity contribution in [2.45, 2.75) is 13.5 Å². The van der Waals surface area contributed by atoms with Gasteiger partial charge in [0.1, 0.15) is 0 Å². The molecule has 0 amide bonds. The number of halogens is 1. The number of aromatic nitrogens is 3. The molecule has 2 heterocycles. The van der Waals surface area contributed by atoms with Crippen LogP contribution >= 0.6 is 11.6 Å². The largest absolute Gasteiger partial charge is 0.515 e. The van der Waals surface area contributed by atoms with Crippen LogP contribution in [-0.2, 0) is 11.3 Å². The molecule has 0 aliphatic rings. The molecule has 7 heteroatoms. The van der Waals surface area contributed by atoms with Crippen molar-refractivity contribution < 1.29 is 14.3 Å². The van der Waals surface area contributed by atoms with Crippen LogP contribution in [0.5, 0.6) is 5.88 Å². The monoisotopic (exact) mass is 331 g/mol. The molecule has 0 saturated heterocycles. The van der Waals surface area contributed by atoms with E-state index in [4.69, 9.17) is 21.1 Å². The highest BCUT2D eigenvalue weighted by atomic mass is 35.5. The van der Waals surface area contributed by atoms with E-state index < -0.39 is 6.16 Å². The lowest BCUT2D eigenvalue weighted by Crippen LogP contribution is -2.11. The first kappa shape index (κ1) is 15.3. The Kier molecular flexibility index (Phi) is 4.43. The first-order valence-corrected chi connectivity index (χ1v) is 7.46. The van der Waals surface area contributed by atoms with Crippen molar-refractivity contribution >= 4 is 28.8 Å². The molecule has 3 aromatic rings. The van der Waals surface area contributed by atoms with E-state index in [1.807, 2.05) is 24.3 Å². The van der Waals surface area contributed by atoms with Crippen molar-refractivity contribution in [2.75, 3.05) is 6.61 Å². The van der Waals surface area contributed by atoms with Crippen molar-refractivity contribution in [3.05, 3.63) is 53.2 Å². The second-order valence-corrected chi connectivity index (χ2v) is 5.12. The average molecular weight is 332 g/mol. The van der Waals surface area contributed by atoms with Crippen molar-refractivity contribution in [2.24, 2.45) is 0 Å². The number of hydrogen-bond donors (Lipinski definition) is 0. The fourth-order valence-corrected chi connectivity index (χ4v) is 2.38. The molecule has 6 nitrogen and oxygen atoms in total. The lowest BCUT2D eigenvalue weighted by molar-refractivity contribution is 0.103. The van der Waals surface area contributed by atoms with Gasteiger partial charge in [-0.2, -0.15) is 0 Å². The number of fused-ring (bicyclic) bond motifs is 1. The Morgan fingerprint density at radius 2 is 2.09 bits per heavy atom. The second kappa shape index (κ2) is 6.66. The average Bonchev–Trinajstić information content (AvgIpc) is 2.88. The van der Waals surface area contributed by atoms with Crippen LogP contribution in [0.3, 0.4) is 0 Å². The van der Waals surface area contributed by atoms with E-state index in [1.165, 1.54) is 0 Å². The van der Waals surface area contributed by atoms with Gasteiger partial charge in [-0.05, 0) is 30.7 Å². The van der Waals surface area contributed by atoms with Gasteiger partial charge in [0.2, 0.25) is 0 Å². The zero-order valence-electron chi connectivity index (χ0n) is 12.4. The molecule has 23 heavy (non-hydrogen) atoms. The predicted octanol–water partition coefficient (Wildman–Crippen LogP) is 3.67. The summed E-state index contributed by atoms with van der Waals surface area (Å²) in [7, 11) is 0. The maximum atomic E-state index is 11.5. The third-order valence-corrected chi connectivity index (χ3v) is 3.56. The minimum atomic E-state index is -0.791. The molecule has 0 atom stereocenters. The molecule has 0 aliphatic carbocycles. The van der Waals surface area contributed by atoms with Crippen LogP contribution in [0.4, 0.5) is 4.79 Å². The summed E-state index contributed by atoms with van der Waals surface area (Å²) in [5, 5.41) is 5.59. The molecule has 1 aromatic carbocycles. The van der Waals surface area contributed by atoms with Crippen LogP contribution in [0, 0.1) is 0 Å². The number of nitrogens with zero attached hydrogens (tertiary/aromatic N) is 3. The predicted molar refractivity (Wildman–Crippen MR) is 85.7 cm³/mol. The second-order valence-electron chi connectivity index (χ2n) is 4.71. The lowest BCUT2D eigenvalue weighted by Gasteiger charge is -2.04. The number of pyridine rings is 1. The quantitative estimate of drug-likeness (QED) is 0.682. The molecule has 0 aliphatic heterocycles. The molecular formula is C16H14ClN3O3. The van der Waals surface area contributed by atoms with Crippen LogP contribution in [-0.4, -0.2) is 27.5 Å². The van der Waals surface area contributed by atoms with Gasteiger partial charge in [-0.1, -0.05) is 29.8 Å². The summed E-state index contributed by atoms with van der Waals surface area (Å²) in [6.07, 6.45) is 0.863. The molecule has 0 bridgehead atoms. The van der Waals surface area contributed by atoms with Gasteiger partial charge >= 0.3 is 6.16 Å². The summed E-state index contributed by atoms with van der Waals surface area (Å²) in [5.74, 6) is 0.165. The molecule has 0 N–H and O–H groups in total. The highest BCUT2D eigenvalue weighted by Crippen LogP contribution is 2.25. The van der Waals surface area contributed by atoms with Gasteiger partial charge in [0.05, 0.1) is 18.5 Å². The van der Waals surface area contributed by atoms with Gasteiger partial charge in [-0.25, -0.2) is 14.5 Å². The van der Waals surface area contributed by atoms with Crippen molar-refractivity contribution in [3.63, 3.8) is 0 Å². The molecule has 0 spiro atoms. The normalized spacial score (nSPS) is 10.7. The maximum Gasteiger partial charge on any atom is 0.515 e. The Morgan fingerprint density at radius 3 is 2.87 bits per heavy atom. The Labute approximate surface area is 137 Å². The fraction of sp³-hybridized carbons (Fsp3) is 0.188. The third kappa shape index (κ3) is 3.27. The molecule has 0 saturated carbocycles. The summed E-state index contributed by atoms with van der Waals surface area (Å²) in [6.45, 7) is 2.35. The molecule has 0 unspecified atom stereocenters. The fourth-order valence-electron chi connectivity index (χ4n) is 2.18. The van der Waals surface area contributed by atoms with Crippen molar-refractivity contribution in [3.8, 4) is 5.88 Å². The minimum Gasteiger partial charge on any atom is -0.434 e. The van der Waals surface area contributed by atoms with Crippen LogP contribution < -0.4 is 4.74 Å². The number of ether oxygens (including phenoxy) is 2. The van der Waals surface area contributed by atoms with Gasteiger partial charge < -0.3 is 9.47 Å². The highest BCUT2D eigenvalue weighted by Gasteiger charge is 2.17. The first-order chi connectivity index (χ1) is 11.2. The summed E-state index contributed by atoms with van der Waals surface area (Å²) >= 11 is 6.19. The molecule has 0 radical (unpaired) electrons. The number of rotatable bonds is 4. The van der Waals surface area contributed by atoms with Gasteiger partial charge in [0.25, 0.3) is 5.88 Å². The van der Waals surface area contributed by atoms with E-state index in [-0.39, 0.29) is 12.5 Å². The van der Waals surface area contributed by atoms with E-state index in [2.05, 4.69) is 10.1 Å². The van der Waals surface area contributed by atoms with Gasteiger partial charge in [0.15, 0.2) is 5.65 Å².